The smallest absolute Gasteiger partial charge is 0.306 e. The van der Waals surface area contributed by atoms with E-state index in [1.54, 1.807) is 0 Å². The zero-order valence-corrected chi connectivity index (χ0v) is 14.2. The maximum absolute atomic E-state index is 11.2. The Hall–Kier alpha value is -1.06. The predicted octanol–water partition coefficient (Wildman–Crippen LogP) is 5.25. The molecule has 0 aromatic rings. The summed E-state index contributed by atoms with van der Waals surface area (Å²) < 4.78 is 0. The molecule has 1 unspecified atom stereocenters. The topological polar surface area (TPSA) is 74.6 Å². The van der Waals surface area contributed by atoms with Gasteiger partial charge in [0.15, 0.2) is 0 Å². The van der Waals surface area contributed by atoms with Gasteiger partial charge in [0.1, 0.15) is 0 Å². The van der Waals surface area contributed by atoms with Crippen LogP contribution in [-0.4, -0.2) is 22.2 Å². The molecule has 0 saturated carbocycles. The highest BCUT2D eigenvalue weighted by Crippen LogP contribution is 2.19. The fourth-order valence-corrected chi connectivity index (χ4v) is 2.76. The van der Waals surface area contributed by atoms with Crippen molar-refractivity contribution < 1.29 is 19.8 Å². The van der Waals surface area contributed by atoms with Gasteiger partial charge < -0.3 is 10.2 Å². The molecule has 0 aliphatic carbocycles. The third kappa shape index (κ3) is 13.9. The first kappa shape index (κ1) is 20.9. The molecule has 0 radical (unpaired) electrons. The number of unbranched alkanes of at least 4 members (excludes halogenated alkanes) is 9. The number of carbonyl (C=O) groups is 2. The van der Waals surface area contributed by atoms with Crippen LogP contribution in [0.4, 0.5) is 0 Å². The largest absolute Gasteiger partial charge is 0.481 e. The van der Waals surface area contributed by atoms with Crippen LogP contribution < -0.4 is 0 Å². The minimum atomic E-state index is -0.748. The van der Waals surface area contributed by atoms with Gasteiger partial charge in [0.2, 0.25) is 0 Å². The van der Waals surface area contributed by atoms with Crippen LogP contribution in [0.2, 0.25) is 0 Å². The Morgan fingerprint density at radius 1 is 0.727 bits per heavy atom. The van der Waals surface area contributed by atoms with Crippen molar-refractivity contribution in [3.63, 3.8) is 0 Å². The molecular weight excluding hydrogens is 280 g/mol. The van der Waals surface area contributed by atoms with Crippen molar-refractivity contribution in [1.82, 2.24) is 0 Å². The third-order valence-corrected chi connectivity index (χ3v) is 4.20. The summed E-state index contributed by atoms with van der Waals surface area (Å²) in [5.74, 6) is -1.63. The molecule has 4 heteroatoms. The Morgan fingerprint density at radius 2 is 1.18 bits per heavy atom. The first-order chi connectivity index (χ1) is 10.6. The summed E-state index contributed by atoms with van der Waals surface area (Å²) in [4.78, 5) is 21.6. The zero-order chi connectivity index (χ0) is 16.6. The van der Waals surface area contributed by atoms with Gasteiger partial charge in [-0.05, 0) is 19.3 Å². The maximum Gasteiger partial charge on any atom is 0.306 e. The van der Waals surface area contributed by atoms with Crippen LogP contribution in [0.25, 0.3) is 0 Å². The van der Waals surface area contributed by atoms with Gasteiger partial charge in [-0.2, -0.15) is 0 Å². The van der Waals surface area contributed by atoms with E-state index in [-0.39, 0.29) is 12.3 Å². The van der Waals surface area contributed by atoms with E-state index < -0.39 is 11.9 Å². The fraction of sp³-hybridized carbons (Fsp3) is 0.889. The SMILES string of the molecule is CCCCCCCCCC(CCCCCCC(=O)O)C(=O)O. The van der Waals surface area contributed by atoms with Crippen LogP contribution in [0.3, 0.4) is 0 Å². The van der Waals surface area contributed by atoms with Crippen molar-refractivity contribution in [2.75, 3.05) is 0 Å². The van der Waals surface area contributed by atoms with E-state index in [1.807, 2.05) is 0 Å². The Balaban J connectivity index is 3.57. The lowest BCUT2D eigenvalue weighted by atomic mass is 9.94. The van der Waals surface area contributed by atoms with Gasteiger partial charge in [-0.3, -0.25) is 9.59 Å². The molecule has 0 spiro atoms. The van der Waals surface area contributed by atoms with Gasteiger partial charge in [-0.15, -0.1) is 0 Å². The molecule has 130 valence electrons. The molecule has 0 amide bonds. The van der Waals surface area contributed by atoms with Gasteiger partial charge >= 0.3 is 11.9 Å². The fourth-order valence-electron chi connectivity index (χ4n) is 2.76. The molecule has 0 aliphatic heterocycles. The molecule has 4 nitrogen and oxygen atoms in total. The van der Waals surface area contributed by atoms with Gasteiger partial charge in [0, 0.05) is 6.42 Å². The Morgan fingerprint density at radius 3 is 1.64 bits per heavy atom. The van der Waals surface area contributed by atoms with Crippen LogP contribution in [0.15, 0.2) is 0 Å². The molecule has 0 fully saturated rings. The quantitative estimate of drug-likeness (QED) is 0.381. The second kappa shape index (κ2) is 14.9. The second-order valence-corrected chi connectivity index (χ2v) is 6.29. The van der Waals surface area contributed by atoms with Gasteiger partial charge in [0.25, 0.3) is 0 Å². The van der Waals surface area contributed by atoms with E-state index >= 15 is 0 Å². The number of hydrogen-bond donors (Lipinski definition) is 2. The Labute approximate surface area is 135 Å². The summed E-state index contributed by atoms with van der Waals surface area (Å²) in [5.41, 5.74) is 0. The minimum Gasteiger partial charge on any atom is -0.481 e. The number of aliphatic carboxylic acids is 2. The van der Waals surface area contributed by atoms with Crippen LogP contribution >= 0.6 is 0 Å². The number of hydrogen-bond acceptors (Lipinski definition) is 2. The third-order valence-electron chi connectivity index (χ3n) is 4.20. The first-order valence-corrected chi connectivity index (χ1v) is 9.02. The summed E-state index contributed by atoms with van der Waals surface area (Å²) in [6.45, 7) is 2.21. The van der Waals surface area contributed by atoms with Crippen LogP contribution in [0.1, 0.15) is 96.8 Å². The monoisotopic (exact) mass is 314 g/mol. The summed E-state index contributed by atoms with van der Waals surface area (Å²) in [6.07, 6.45) is 13.7. The van der Waals surface area contributed by atoms with Crippen molar-refractivity contribution in [2.24, 2.45) is 5.92 Å². The maximum atomic E-state index is 11.2. The second-order valence-electron chi connectivity index (χ2n) is 6.29. The van der Waals surface area contributed by atoms with Crippen molar-refractivity contribution >= 4 is 11.9 Å². The predicted molar refractivity (Wildman–Crippen MR) is 89.1 cm³/mol. The molecule has 0 aromatic heterocycles. The number of carboxylic acid groups (broad SMARTS) is 2. The lowest BCUT2D eigenvalue weighted by Gasteiger charge is -2.12. The molecule has 0 aliphatic rings. The average Bonchev–Trinajstić information content (AvgIpc) is 2.46. The van der Waals surface area contributed by atoms with Crippen molar-refractivity contribution in [3.05, 3.63) is 0 Å². The molecule has 22 heavy (non-hydrogen) atoms. The van der Waals surface area contributed by atoms with Crippen LogP contribution in [0, 0.1) is 5.92 Å². The van der Waals surface area contributed by atoms with Gasteiger partial charge in [0.05, 0.1) is 5.92 Å². The summed E-state index contributed by atoms with van der Waals surface area (Å²) in [5, 5.41) is 17.8. The highest BCUT2D eigenvalue weighted by atomic mass is 16.4. The summed E-state index contributed by atoms with van der Waals surface area (Å²) in [7, 11) is 0. The number of rotatable bonds is 16. The van der Waals surface area contributed by atoms with E-state index in [4.69, 9.17) is 5.11 Å². The van der Waals surface area contributed by atoms with E-state index in [2.05, 4.69) is 6.92 Å². The Bertz CT molecular complexity index is 289. The number of carboxylic acids is 2. The van der Waals surface area contributed by atoms with E-state index in [1.165, 1.54) is 32.1 Å². The normalized spacial score (nSPS) is 12.2. The van der Waals surface area contributed by atoms with Crippen LogP contribution in [0.5, 0.6) is 0 Å². The molecule has 0 aromatic carbocycles. The van der Waals surface area contributed by atoms with Crippen molar-refractivity contribution in [1.29, 1.82) is 0 Å². The molecule has 0 rings (SSSR count). The highest BCUT2D eigenvalue weighted by Gasteiger charge is 2.16. The first-order valence-electron chi connectivity index (χ1n) is 9.02. The Kier molecular flexibility index (Phi) is 14.1. The lowest BCUT2D eigenvalue weighted by Crippen LogP contribution is -2.13. The average molecular weight is 314 g/mol. The highest BCUT2D eigenvalue weighted by molar-refractivity contribution is 5.69. The standard InChI is InChI=1S/C18H34O4/c1-2-3-4-5-6-7-10-13-16(18(21)22)14-11-8-9-12-15-17(19)20/h16H,2-15H2,1H3,(H,19,20)(H,21,22). The van der Waals surface area contributed by atoms with Crippen molar-refractivity contribution in [2.45, 2.75) is 96.8 Å². The summed E-state index contributed by atoms with van der Waals surface area (Å²) in [6, 6.07) is 0. The molecule has 0 heterocycles. The van der Waals surface area contributed by atoms with E-state index in [9.17, 15) is 14.7 Å². The minimum absolute atomic E-state index is 0.213. The van der Waals surface area contributed by atoms with E-state index in [0.717, 1.165) is 44.9 Å². The summed E-state index contributed by atoms with van der Waals surface area (Å²) >= 11 is 0. The van der Waals surface area contributed by atoms with Gasteiger partial charge in [-0.1, -0.05) is 71.1 Å². The molecule has 2 N–H and O–H groups in total. The van der Waals surface area contributed by atoms with Gasteiger partial charge in [-0.25, -0.2) is 0 Å². The molecule has 0 bridgehead atoms. The lowest BCUT2D eigenvalue weighted by molar-refractivity contribution is -0.142. The van der Waals surface area contributed by atoms with E-state index in [0.29, 0.717) is 6.42 Å². The molecule has 1 atom stereocenters. The molecule has 0 saturated heterocycles. The zero-order valence-electron chi connectivity index (χ0n) is 14.2. The molecular formula is C18H34O4. The van der Waals surface area contributed by atoms with Crippen LogP contribution in [-0.2, 0) is 9.59 Å². The van der Waals surface area contributed by atoms with Crippen molar-refractivity contribution in [3.8, 4) is 0 Å².